The van der Waals surface area contributed by atoms with E-state index in [0.717, 1.165) is 34.3 Å². The van der Waals surface area contributed by atoms with E-state index in [1.807, 2.05) is 36.4 Å². The SMILES string of the molecule is CCCCNC(=O)c1cc2c(-c3ccccc3)nc(N)nc2s1. The van der Waals surface area contributed by atoms with Gasteiger partial charge in [-0.3, -0.25) is 4.79 Å². The van der Waals surface area contributed by atoms with Crippen molar-refractivity contribution < 1.29 is 4.79 Å². The first-order valence-electron chi connectivity index (χ1n) is 7.59. The maximum absolute atomic E-state index is 12.2. The molecule has 118 valence electrons. The first kappa shape index (κ1) is 15.4. The molecule has 23 heavy (non-hydrogen) atoms. The Morgan fingerprint density at radius 3 is 2.78 bits per heavy atom. The van der Waals surface area contributed by atoms with Gasteiger partial charge < -0.3 is 11.1 Å². The lowest BCUT2D eigenvalue weighted by molar-refractivity contribution is 0.0957. The van der Waals surface area contributed by atoms with Gasteiger partial charge in [-0.1, -0.05) is 43.7 Å². The molecule has 0 aliphatic heterocycles. The fourth-order valence-corrected chi connectivity index (χ4v) is 3.29. The second kappa shape index (κ2) is 6.75. The Balaban J connectivity index is 2.01. The Hall–Kier alpha value is -2.47. The molecule has 5 nitrogen and oxygen atoms in total. The fraction of sp³-hybridized carbons (Fsp3) is 0.235. The standard InChI is InChI=1S/C17H18N4OS/c1-2-3-9-19-15(22)13-10-12-14(11-7-5-4-6-8-11)20-17(18)21-16(12)23-13/h4-8,10H,2-3,9H2,1H3,(H,19,22)(H2,18,20,21). The van der Waals surface area contributed by atoms with Crippen LogP contribution >= 0.6 is 11.3 Å². The van der Waals surface area contributed by atoms with E-state index in [4.69, 9.17) is 5.73 Å². The molecule has 0 saturated carbocycles. The molecule has 2 aromatic heterocycles. The van der Waals surface area contributed by atoms with Gasteiger partial charge in [-0.15, -0.1) is 11.3 Å². The second-order valence-electron chi connectivity index (χ2n) is 5.24. The van der Waals surface area contributed by atoms with Crippen LogP contribution in [-0.4, -0.2) is 22.4 Å². The molecule has 0 fully saturated rings. The number of benzene rings is 1. The van der Waals surface area contributed by atoms with Crippen molar-refractivity contribution in [1.82, 2.24) is 15.3 Å². The van der Waals surface area contributed by atoms with Crippen LogP contribution in [0.3, 0.4) is 0 Å². The van der Waals surface area contributed by atoms with E-state index in [0.29, 0.717) is 11.4 Å². The van der Waals surface area contributed by atoms with Crippen molar-refractivity contribution in [2.75, 3.05) is 12.3 Å². The van der Waals surface area contributed by atoms with Gasteiger partial charge in [-0.2, -0.15) is 0 Å². The number of rotatable bonds is 5. The Bertz CT molecular complexity index is 829. The highest BCUT2D eigenvalue weighted by Gasteiger charge is 2.15. The summed E-state index contributed by atoms with van der Waals surface area (Å²) in [7, 11) is 0. The number of nitrogens with zero attached hydrogens (tertiary/aromatic N) is 2. The Morgan fingerprint density at radius 2 is 2.04 bits per heavy atom. The van der Waals surface area contributed by atoms with Gasteiger partial charge in [-0.05, 0) is 12.5 Å². The highest BCUT2D eigenvalue weighted by Crippen LogP contribution is 2.32. The van der Waals surface area contributed by atoms with Crippen LogP contribution in [0.1, 0.15) is 29.4 Å². The largest absolute Gasteiger partial charge is 0.368 e. The van der Waals surface area contributed by atoms with Crippen LogP contribution in [0.25, 0.3) is 21.5 Å². The van der Waals surface area contributed by atoms with Crippen molar-refractivity contribution in [1.29, 1.82) is 0 Å². The van der Waals surface area contributed by atoms with Crippen LogP contribution in [0.4, 0.5) is 5.95 Å². The third-order valence-electron chi connectivity index (χ3n) is 3.50. The van der Waals surface area contributed by atoms with Crippen LogP contribution in [0.2, 0.25) is 0 Å². The van der Waals surface area contributed by atoms with E-state index < -0.39 is 0 Å². The minimum Gasteiger partial charge on any atom is -0.368 e. The summed E-state index contributed by atoms with van der Waals surface area (Å²) in [6, 6.07) is 11.6. The van der Waals surface area contributed by atoms with Gasteiger partial charge in [0.1, 0.15) is 4.83 Å². The highest BCUT2D eigenvalue weighted by atomic mass is 32.1. The van der Waals surface area contributed by atoms with Gasteiger partial charge in [0.2, 0.25) is 5.95 Å². The van der Waals surface area contributed by atoms with E-state index in [9.17, 15) is 4.79 Å². The van der Waals surface area contributed by atoms with Gasteiger partial charge in [0, 0.05) is 17.5 Å². The molecule has 0 aliphatic carbocycles. The van der Waals surface area contributed by atoms with Crippen LogP contribution < -0.4 is 11.1 Å². The number of hydrogen-bond acceptors (Lipinski definition) is 5. The minimum absolute atomic E-state index is 0.0703. The topological polar surface area (TPSA) is 80.9 Å². The molecule has 0 radical (unpaired) electrons. The molecule has 0 atom stereocenters. The van der Waals surface area contributed by atoms with Gasteiger partial charge >= 0.3 is 0 Å². The summed E-state index contributed by atoms with van der Waals surface area (Å²) in [5.74, 6) is 0.148. The molecule has 0 saturated heterocycles. The van der Waals surface area contributed by atoms with Crippen LogP contribution in [0.15, 0.2) is 36.4 Å². The number of unbranched alkanes of at least 4 members (excludes halogenated alkanes) is 1. The molecule has 3 N–H and O–H groups in total. The van der Waals surface area contributed by atoms with Crippen molar-refractivity contribution in [2.24, 2.45) is 0 Å². The first-order valence-corrected chi connectivity index (χ1v) is 8.41. The zero-order valence-electron chi connectivity index (χ0n) is 12.9. The summed E-state index contributed by atoms with van der Waals surface area (Å²) in [5.41, 5.74) is 7.55. The zero-order valence-corrected chi connectivity index (χ0v) is 13.7. The smallest absolute Gasteiger partial charge is 0.261 e. The second-order valence-corrected chi connectivity index (χ2v) is 6.27. The maximum atomic E-state index is 12.2. The molecule has 0 unspecified atom stereocenters. The normalized spacial score (nSPS) is 10.8. The van der Waals surface area contributed by atoms with E-state index in [-0.39, 0.29) is 11.9 Å². The average Bonchev–Trinajstić information content (AvgIpc) is 2.99. The first-order chi connectivity index (χ1) is 11.2. The number of hydrogen-bond donors (Lipinski definition) is 2. The highest BCUT2D eigenvalue weighted by molar-refractivity contribution is 7.20. The van der Waals surface area contributed by atoms with Crippen LogP contribution in [0.5, 0.6) is 0 Å². The van der Waals surface area contributed by atoms with Crippen molar-refractivity contribution in [2.45, 2.75) is 19.8 Å². The number of thiophene rings is 1. The summed E-state index contributed by atoms with van der Waals surface area (Å²) < 4.78 is 0. The maximum Gasteiger partial charge on any atom is 0.261 e. The number of anilines is 1. The molecular formula is C17H18N4OS. The third-order valence-corrected chi connectivity index (χ3v) is 4.52. The van der Waals surface area contributed by atoms with E-state index in [1.54, 1.807) is 0 Å². The van der Waals surface area contributed by atoms with E-state index in [1.165, 1.54) is 11.3 Å². The van der Waals surface area contributed by atoms with E-state index >= 15 is 0 Å². The van der Waals surface area contributed by atoms with Crippen molar-refractivity contribution in [3.05, 3.63) is 41.3 Å². The lowest BCUT2D eigenvalue weighted by Crippen LogP contribution is -2.23. The number of amides is 1. The summed E-state index contributed by atoms with van der Waals surface area (Å²) in [6.45, 7) is 2.78. The lowest BCUT2D eigenvalue weighted by atomic mass is 10.1. The summed E-state index contributed by atoms with van der Waals surface area (Å²) in [6.07, 6.45) is 2.02. The zero-order chi connectivity index (χ0) is 16.2. The van der Waals surface area contributed by atoms with E-state index in [2.05, 4.69) is 22.2 Å². The van der Waals surface area contributed by atoms with Gasteiger partial charge in [0.15, 0.2) is 0 Å². The van der Waals surface area contributed by atoms with Gasteiger partial charge in [-0.25, -0.2) is 9.97 Å². The number of carbonyl (C=O) groups excluding carboxylic acids is 1. The summed E-state index contributed by atoms with van der Waals surface area (Å²) >= 11 is 1.34. The van der Waals surface area contributed by atoms with Gasteiger partial charge in [0.05, 0.1) is 10.6 Å². The monoisotopic (exact) mass is 326 g/mol. The van der Waals surface area contributed by atoms with Crippen molar-refractivity contribution in [3.63, 3.8) is 0 Å². The predicted octanol–water partition coefficient (Wildman–Crippen LogP) is 3.47. The summed E-state index contributed by atoms with van der Waals surface area (Å²) in [5, 5.41) is 3.78. The van der Waals surface area contributed by atoms with Gasteiger partial charge in [0.25, 0.3) is 5.91 Å². The number of aromatic nitrogens is 2. The molecular weight excluding hydrogens is 308 g/mol. The summed E-state index contributed by atoms with van der Waals surface area (Å²) in [4.78, 5) is 22.2. The third kappa shape index (κ3) is 3.32. The Kier molecular flexibility index (Phi) is 4.52. The average molecular weight is 326 g/mol. The number of nitrogens with one attached hydrogen (secondary N) is 1. The molecule has 6 heteroatoms. The number of fused-ring (bicyclic) bond motifs is 1. The molecule has 0 aliphatic rings. The Labute approximate surface area is 138 Å². The molecule has 0 bridgehead atoms. The number of carbonyl (C=O) groups is 1. The number of nitrogen functional groups attached to an aromatic ring is 1. The fourth-order valence-electron chi connectivity index (χ4n) is 2.33. The van der Waals surface area contributed by atoms with Crippen LogP contribution in [-0.2, 0) is 0 Å². The number of nitrogens with two attached hydrogens (primary N) is 1. The predicted molar refractivity (Wildman–Crippen MR) is 94.5 cm³/mol. The lowest BCUT2D eigenvalue weighted by Gasteiger charge is -2.03. The van der Waals surface area contributed by atoms with Crippen molar-refractivity contribution in [3.8, 4) is 11.3 Å². The molecule has 3 rings (SSSR count). The van der Waals surface area contributed by atoms with Crippen LogP contribution in [0, 0.1) is 0 Å². The molecule has 3 aromatic rings. The quantitative estimate of drug-likeness (QED) is 0.703. The minimum atomic E-state index is -0.0703. The molecule has 1 aromatic carbocycles. The van der Waals surface area contributed by atoms with Crippen molar-refractivity contribution >= 4 is 33.4 Å². The molecule has 2 heterocycles. The molecule has 1 amide bonds. The Morgan fingerprint density at radius 1 is 1.26 bits per heavy atom. The molecule has 0 spiro atoms.